The maximum atomic E-state index is 13.1. The Morgan fingerprint density at radius 1 is 1.06 bits per heavy atom. The van der Waals surface area contributed by atoms with Crippen molar-refractivity contribution in [3.8, 4) is 16.9 Å². The number of aldehydes is 1. The van der Waals surface area contributed by atoms with Crippen LogP contribution in [0.4, 0.5) is 4.39 Å². The van der Waals surface area contributed by atoms with E-state index in [9.17, 15) is 14.3 Å². The molecule has 0 aliphatic heterocycles. The van der Waals surface area contributed by atoms with Crippen LogP contribution in [0.3, 0.4) is 0 Å². The van der Waals surface area contributed by atoms with E-state index in [0.717, 1.165) is 11.6 Å². The normalized spacial score (nSPS) is 10.1. The topological polar surface area (TPSA) is 37.3 Å². The summed E-state index contributed by atoms with van der Waals surface area (Å²) in [5.41, 5.74) is 1.26. The van der Waals surface area contributed by atoms with Gasteiger partial charge in [0.1, 0.15) is 0 Å². The lowest BCUT2D eigenvalue weighted by Crippen LogP contribution is -1.91. The predicted octanol–water partition coefficient (Wildman–Crippen LogP) is 3.01. The summed E-state index contributed by atoms with van der Waals surface area (Å²) in [7, 11) is 0. The minimum atomic E-state index is -0.790. The van der Waals surface area contributed by atoms with Gasteiger partial charge in [0, 0.05) is 0 Å². The summed E-state index contributed by atoms with van der Waals surface area (Å²) >= 11 is 0. The summed E-state index contributed by atoms with van der Waals surface area (Å²) in [5, 5.41) is 9.43. The molecule has 1 N–H and O–H groups in total. The molecule has 0 bridgehead atoms. The molecule has 0 spiro atoms. The summed E-state index contributed by atoms with van der Waals surface area (Å²) in [6, 6.07) is 11.7. The highest BCUT2D eigenvalue weighted by molar-refractivity contribution is 5.90. The van der Waals surface area contributed by atoms with E-state index in [2.05, 4.69) is 0 Å². The molecule has 3 heteroatoms. The summed E-state index contributed by atoms with van der Waals surface area (Å²) < 4.78 is 13.1. The van der Waals surface area contributed by atoms with Crippen molar-refractivity contribution in [3.05, 3.63) is 53.8 Å². The molecule has 2 aromatic rings. The first-order chi connectivity index (χ1) is 7.74. The molecule has 16 heavy (non-hydrogen) atoms. The quantitative estimate of drug-likeness (QED) is 0.783. The second-order valence-electron chi connectivity index (χ2n) is 3.34. The SMILES string of the molecule is O=Cc1c(-c2ccccc2)ccc(F)c1O. The molecular weight excluding hydrogens is 207 g/mol. The number of rotatable bonds is 2. The van der Waals surface area contributed by atoms with Gasteiger partial charge < -0.3 is 5.11 Å². The highest BCUT2D eigenvalue weighted by Crippen LogP contribution is 2.30. The van der Waals surface area contributed by atoms with Crippen LogP contribution in [0.25, 0.3) is 11.1 Å². The van der Waals surface area contributed by atoms with Gasteiger partial charge in [-0.05, 0) is 17.2 Å². The second-order valence-corrected chi connectivity index (χ2v) is 3.34. The molecule has 2 rings (SSSR count). The van der Waals surface area contributed by atoms with Crippen molar-refractivity contribution in [2.45, 2.75) is 0 Å². The molecule has 0 unspecified atom stereocenters. The lowest BCUT2D eigenvalue weighted by Gasteiger charge is -2.07. The summed E-state index contributed by atoms with van der Waals surface area (Å²) in [5.74, 6) is -1.39. The fourth-order valence-corrected chi connectivity index (χ4v) is 1.57. The average Bonchev–Trinajstić information content (AvgIpc) is 2.33. The van der Waals surface area contributed by atoms with Crippen molar-refractivity contribution < 1.29 is 14.3 Å². The van der Waals surface area contributed by atoms with Gasteiger partial charge in [-0.25, -0.2) is 4.39 Å². The van der Waals surface area contributed by atoms with Gasteiger partial charge >= 0.3 is 0 Å². The summed E-state index contributed by atoms with van der Waals surface area (Å²) in [6.07, 6.45) is 0.459. The van der Waals surface area contributed by atoms with Gasteiger partial charge in [-0.2, -0.15) is 0 Å². The van der Waals surface area contributed by atoms with Gasteiger partial charge in [0.05, 0.1) is 5.56 Å². The number of benzene rings is 2. The zero-order valence-electron chi connectivity index (χ0n) is 8.35. The Kier molecular flexibility index (Phi) is 2.68. The van der Waals surface area contributed by atoms with Crippen molar-refractivity contribution >= 4 is 6.29 Å². The molecule has 0 heterocycles. The Bertz CT molecular complexity index is 521. The number of hydrogen-bond donors (Lipinski definition) is 1. The molecule has 0 saturated heterocycles. The number of hydrogen-bond acceptors (Lipinski definition) is 2. The Labute approximate surface area is 92.0 Å². The van der Waals surface area contributed by atoms with Gasteiger partial charge in [0.15, 0.2) is 17.9 Å². The number of aromatic hydroxyl groups is 1. The molecule has 0 saturated carbocycles. The van der Waals surface area contributed by atoms with Gasteiger partial charge in [-0.3, -0.25) is 4.79 Å². The predicted molar refractivity (Wildman–Crippen MR) is 58.9 cm³/mol. The van der Waals surface area contributed by atoms with Crippen molar-refractivity contribution in [1.29, 1.82) is 0 Å². The molecule has 2 nitrogen and oxygen atoms in total. The third kappa shape index (κ3) is 1.67. The monoisotopic (exact) mass is 216 g/mol. The highest BCUT2D eigenvalue weighted by Gasteiger charge is 2.12. The molecule has 0 aromatic heterocycles. The first kappa shape index (κ1) is 10.4. The first-order valence-electron chi connectivity index (χ1n) is 4.76. The Morgan fingerprint density at radius 3 is 2.38 bits per heavy atom. The van der Waals surface area contributed by atoms with Crippen LogP contribution < -0.4 is 0 Å². The molecule has 0 aliphatic rings. The number of phenols is 1. The second kappa shape index (κ2) is 4.14. The zero-order chi connectivity index (χ0) is 11.5. The van der Waals surface area contributed by atoms with Gasteiger partial charge in [-0.1, -0.05) is 36.4 Å². The van der Waals surface area contributed by atoms with E-state index in [1.165, 1.54) is 6.07 Å². The van der Waals surface area contributed by atoms with Crippen molar-refractivity contribution in [2.75, 3.05) is 0 Å². The Hall–Kier alpha value is -2.16. The summed E-state index contributed by atoms with van der Waals surface area (Å²) in [6.45, 7) is 0. The number of phenolic OH excluding ortho intramolecular Hbond substituents is 1. The molecule has 0 radical (unpaired) electrons. The van der Waals surface area contributed by atoms with E-state index in [1.807, 2.05) is 18.2 Å². The minimum absolute atomic E-state index is 0.0220. The number of carbonyl (C=O) groups excluding carboxylic acids is 1. The minimum Gasteiger partial charge on any atom is -0.504 e. The lowest BCUT2D eigenvalue weighted by molar-refractivity contribution is 0.112. The van der Waals surface area contributed by atoms with Crippen LogP contribution in [0.15, 0.2) is 42.5 Å². The third-order valence-electron chi connectivity index (χ3n) is 2.37. The van der Waals surface area contributed by atoms with Crippen LogP contribution in [-0.2, 0) is 0 Å². The van der Waals surface area contributed by atoms with Gasteiger partial charge in [-0.15, -0.1) is 0 Å². The van der Waals surface area contributed by atoms with E-state index >= 15 is 0 Å². The van der Waals surface area contributed by atoms with Crippen LogP contribution in [0, 0.1) is 5.82 Å². The molecule has 80 valence electrons. The molecule has 0 fully saturated rings. The largest absolute Gasteiger partial charge is 0.504 e. The Morgan fingerprint density at radius 2 is 1.75 bits per heavy atom. The van der Waals surface area contributed by atoms with E-state index in [0.29, 0.717) is 11.8 Å². The summed E-state index contributed by atoms with van der Waals surface area (Å²) in [4.78, 5) is 10.8. The molecule has 0 aliphatic carbocycles. The van der Waals surface area contributed by atoms with Crippen molar-refractivity contribution in [3.63, 3.8) is 0 Å². The van der Waals surface area contributed by atoms with E-state index in [1.54, 1.807) is 12.1 Å². The zero-order valence-corrected chi connectivity index (χ0v) is 8.35. The van der Waals surface area contributed by atoms with Gasteiger partial charge in [0.25, 0.3) is 0 Å². The average molecular weight is 216 g/mol. The maximum absolute atomic E-state index is 13.1. The van der Waals surface area contributed by atoms with Gasteiger partial charge in [0.2, 0.25) is 0 Å². The van der Waals surface area contributed by atoms with E-state index in [4.69, 9.17) is 0 Å². The Balaban J connectivity index is 2.67. The van der Waals surface area contributed by atoms with Crippen molar-refractivity contribution in [2.24, 2.45) is 0 Å². The third-order valence-corrected chi connectivity index (χ3v) is 2.37. The molecule has 2 aromatic carbocycles. The fourth-order valence-electron chi connectivity index (χ4n) is 1.57. The standard InChI is InChI=1S/C13H9FO2/c14-12-7-6-10(11(8-15)13(12)16)9-4-2-1-3-5-9/h1-8,16H. The molecule has 0 amide bonds. The van der Waals surface area contributed by atoms with Crippen LogP contribution in [-0.4, -0.2) is 11.4 Å². The fraction of sp³-hybridized carbons (Fsp3) is 0. The highest BCUT2D eigenvalue weighted by atomic mass is 19.1. The lowest BCUT2D eigenvalue weighted by atomic mass is 9.99. The number of carbonyl (C=O) groups is 1. The first-order valence-corrected chi connectivity index (χ1v) is 4.76. The van der Waals surface area contributed by atoms with E-state index < -0.39 is 11.6 Å². The smallest absolute Gasteiger partial charge is 0.165 e. The molecule has 0 atom stereocenters. The van der Waals surface area contributed by atoms with Crippen LogP contribution in [0.2, 0.25) is 0 Å². The van der Waals surface area contributed by atoms with E-state index in [-0.39, 0.29) is 5.56 Å². The molecular formula is C13H9FO2. The van der Waals surface area contributed by atoms with Crippen LogP contribution in [0.5, 0.6) is 5.75 Å². The number of halogens is 1. The maximum Gasteiger partial charge on any atom is 0.165 e. The van der Waals surface area contributed by atoms with Crippen molar-refractivity contribution in [1.82, 2.24) is 0 Å². The van der Waals surface area contributed by atoms with Crippen LogP contribution >= 0.6 is 0 Å². The van der Waals surface area contributed by atoms with Crippen LogP contribution in [0.1, 0.15) is 10.4 Å².